The molecule has 3 aromatic rings. The summed E-state index contributed by atoms with van der Waals surface area (Å²) in [4.78, 5) is 20.1. The number of anilines is 1. The molecule has 3 rings (SSSR count). The van der Waals surface area contributed by atoms with E-state index in [1.165, 1.54) is 24.3 Å². The van der Waals surface area contributed by atoms with Gasteiger partial charge in [-0.2, -0.15) is 15.1 Å². The molecule has 2 heterocycles. The third kappa shape index (κ3) is 2.68. The van der Waals surface area contributed by atoms with Crippen LogP contribution in [0.5, 0.6) is 0 Å². The van der Waals surface area contributed by atoms with Crippen LogP contribution in [0.1, 0.15) is 10.4 Å². The first-order valence-corrected chi connectivity index (χ1v) is 6.34. The van der Waals surface area contributed by atoms with Crippen molar-refractivity contribution in [3.8, 4) is 0 Å². The Morgan fingerprint density at radius 1 is 1.29 bits per heavy atom. The highest BCUT2D eigenvalue weighted by Crippen LogP contribution is 2.20. The summed E-state index contributed by atoms with van der Waals surface area (Å²) >= 11 is 6.02. The average Bonchev–Trinajstić information content (AvgIpc) is 2.80. The van der Waals surface area contributed by atoms with Crippen molar-refractivity contribution in [2.75, 3.05) is 5.32 Å². The van der Waals surface area contributed by atoms with Gasteiger partial charge < -0.3 is 0 Å². The fourth-order valence-electron chi connectivity index (χ4n) is 1.81. The normalized spacial score (nSPS) is 10.8. The molecule has 0 bridgehead atoms. The molecule has 1 N–H and O–H groups in total. The monoisotopic (exact) mass is 305 g/mol. The van der Waals surface area contributed by atoms with E-state index in [1.54, 1.807) is 17.9 Å². The maximum atomic E-state index is 12.8. The molecule has 21 heavy (non-hydrogen) atoms. The lowest BCUT2D eigenvalue weighted by Gasteiger charge is -2.04. The summed E-state index contributed by atoms with van der Waals surface area (Å²) in [5.41, 5.74) is 0.671. The smallest absolute Gasteiger partial charge is 0.258 e. The molecule has 0 aliphatic heterocycles. The number of hydrogen-bond donors (Lipinski definition) is 1. The van der Waals surface area contributed by atoms with Gasteiger partial charge in [-0.1, -0.05) is 11.6 Å². The Labute approximate surface area is 123 Å². The first-order valence-electron chi connectivity index (χ1n) is 5.97. The summed E-state index contributed by atoms with van der Waals surface area (Å²) in [5, 5.41) is 7.40. The van der Waals surface area contributed by atoms with E-state index >= 15 is 0 Å². The Hall–Kier alpha value is -2.54. The summed E-state index contributed by atoms with van der Waals surface area (Å²) in [6.45, 7) is 0. The van der Waals surface area contributed by atoms with E-state index in [1.807, 2.05) is 0 Å². The lowest BCUT2D eigenvalue weighted by atomic mass is 10.2. The van der Waals surface area contributed by atoms with Gasteiger partial charge in [0.05, 0.1) is 5.39 Å². The molecule has 1 aromatic carbocycles. The molecule has 2 aromatic heterocycles. The van der Waals surface area contributed by atoms with E-state index in [0.717, 1.165) is 0 Å². The molecule has 0 saturated heterocycles. The van der Waals surface area contributed by atoms with Crippen LogP contribution >= 0.6 is 11.6 Å². The molecule has 1 amide bonds. The fourth-order valence-corrected chi connectivity index (χ4v) is 2.03. The SMILES string of the molecule is Cn1cc2c(Cl)nc(NC(=O)c3ccc(F)cc3)nc2n1. The number of halogens is 2. The molecule has 0 spiro atoms. The minimum atomic E-state index is -0.457. The van der Waals surface area contributed by atoms with Gasteiger partial charge in [-0.25, -0.2) is 4.39 Å². The van der Waals surface area contributed by atoms with Crippen molar-refractivity contribution in [1.29, 1.82) is 0 Å². The van der Waals surface area contributed by atoms with Crippen molar-refractivity contribution in [3.05, 3.63) is 47.0 Å². The van der Waals surface area contributed by atoms with Crippen LogP contribution in [0.15, 0.2) is 30.5 Å². The van der Waals surface area contributed by atoms with Gasteiger partial charge in [-0.05, 0) is 24.3 Å². The summed E-state index contributed by atoms with van der Waals surface area (Å²) < 4.78 is 14.4. The summed E-state index contributed by atoms with van der Waals surface area (Å²) in [7, 11) is 1.73. The second kappa shape index (κ2) is 5.10. The number of aryl methyl sites for hydroxylation is 1. The summed E-state index contributed by atoms with van der Waals surface area (Å²) in [6.07, 6.45) is 1.68. The van der Waals surface area contributed by atoms with Crippen LogP contribution in [0, 0.1) is 5.82 Å². The largest absolute Gasteiger partial charge is 0.290 e. The first-order chi connectivity index (χ1) is 10.0. The van der Waals surface area contributed by atoms with E-state index in [0.29, 0.717) is 11.0 Å². The van der Waals surface area contributed by atoms with Crippen molar-refractivity contribution in [3.63, 3.8) is 0 Å². The predicted molar refractivity (Wildman–Crippen MR) is 75.7 cm³/mol. The molecule has 0 aliphatic rings. The van der Waals surface area contributed by atoms with Gasteiger partial charge in [0.1, 0.15) is 11.0 Å². The summed E-state index contributed by atoms with van der Waals surface area (Å²) in [6, 6.07) is 5.13. The molecule has 6 nitrogen and oxygen atoms in total. The zero-order valence-corrected chi connectivity index (χ0v) is 11.6. The van der Waals surface area contributed by atoms with Crippen LogP contribution < -0.4 is 5.32 Å². The number of amides is 1. The van der Waals surface area contributed by atoms with Gasteiger partial charge in [0, 0.05) is 18.8 Å². The molecule has 0 unspecified atom stereocenters. The van der Waals surface area contributed by atoms with Crippen molar-refractivity contribution >= 4 is 34.5 Å². The van der Waals surface area contributed by atoms with Gasteiger partial charge in [0.15, 0.2) is 5.65 Å². The Morgan fingerprint density at radius 3 is 2.71 bits per heavy atom. The number of hydrogen-bond acceptors (Lipinski definition) is 4. The molecule has 106 valence electrons. The lowest BCUT2D eigenvalue weighted by molar-refractivity contribution is 0.102. The number of nitrogens with one attached hydrogen (secondary N) is 1. The highest BCUT2D eigenvalue weighted by Gasteiger charge is 2.12. The Kier molecular flexibility index (Phi) is 3.26. The number of aromatic nitrogens is 4. The first kappa shape index (κ1) is 13.4. The molecular weight excluding hydrogens is 297 g/mol. The van der Waals surface area contributed by atoms with Crippen LogP contribution in [0.25, 0.3) is 11.0 Å². The maximum absolute atomic E-state index is 12.8. The van der Waals surface area contributed by atoms with Crippen molar-refractivity contribution in [1.82, 2.24) is 19.7 Å². The van der Waals surface area contributed by atoms with E-state index in [4.69, 9.17) is 11.6 Å². The Balaban J connectivity index is 1.90. The van der Waals surface area contributed by atoms with Crippen molar-refractivity contribution in [2.24, 2.45) is 7.05 Å². The van der Waals surface area contributed by atoms with E-state index in [-0.39, 0.29) is 16.7 Å². The number of rotatable bonds is 2. The van der Waals surface area contributed by atoms with Gasteiger partial charge in [0.25, 0.3) is 5.91 Å². The third-order valence-corrected chi connectivity index (χ3v) is 3.07. The average molecular weight is 306 g/mol. The molecular formula is C13H9ClFN5O. The second-order valence-electron chi connectivity index (χ2n) is 4.34. The van der Waals surface area contributed by atoms with Crippen LogP contribution in [0.4, 0.5) is 10.3 Å². The topological polar surface area (TPSA) is 72.7 Å². The zero-order valence-electron chi connectivity index (χ0n) is 10.8. The number of nitrogens with zero attached hydrogens (tertiary/aromatic N) is 4. The number of fused-ring (bicyclic) bond motifs is 1. The Morgan fingerprint density at radius 2 is 2.00 bits per heavy atom. The highest BCUT2D eigenvalue weighted by atomic mass is 35.5. The number of carbonyl (C=O) groups is 1. The molecule has 0 saturated carbocycles. The van der Waals surface area contributed by atoms with Crippen LogP contribution in [-0.2, 0) is 7.05 Å². The van der Waals surface area contributed by atoms with Crippen LogP contribution in [0.3, 0.4) is 0 Å². The molecule has 0 aliphatic carbocycles. The van der Waals surface area contributed by atoms with E-state index in [9.17, 15) is 9.18 Å². The third-order valence-electron chi connectivity index (χ3n) is 2.78. The maximum Gasteiger partial charge on any atom is 0.258 e. The molecule has 0 fully saturated rings. The minimum Gasteiger partial charge on any atom is -0.290 e. The minimum absolute atomic E-state index is 0.0422. The number of benzene rings is 1. The van der Waals surface area contributed by atoms with Gasteiger partial charge in [0.2, 0.25) is 5.95 Å². The van der Waals surface area contributed by atoms with Gasteiger partial charge in [-0.3, -0.25) is 14.8 Å². The summed E-state index contributed by atoms with van der Waals surface area (Å²) in [5.74, 6) is -0.831. The van der Waals surface area contributed by atoms with Crippen molar-refractivity contribution < 1.29 is 9.18 Å². The standard InChI is InChI=1S/C13H9ClFN5O/c1-20-6-9-10(14)16-13(17-11(9)19-20)18-12(21)7-2-4-8(15)5-3-7/h2-6H,1H3,(H,17,18,19,21). The second-order valence-corrected chi connectivity index (χ2v) is 4.70. The lowest BCUT2D eigenvalue weighted by Crippen LogP contribution is -2.14. The molecule has 0 atom stereocenters. The molecule has 8 heteroatoms. The van der Waals surface area contributed by atoms with Crippen LogP contribution in [-0.4, -0.2) is 25.7 Å². The number of carbonyl (C=O) groups excluding carboxylic acids is 1. The van der Waals surface area contributed by atoms with Crippen LogP contribution in [0.2, 0.25) is 5.15 Å². The fraction of sp³-hybridized carbons (Fsp3) is 0.0769. The predicted octanol–water partition coefficient (Wildman–Crippen LogP) is 2.41. The zero-order chi connectivity index (χ0) is 15.0. The quantitative estimate of drug-likeness (QED) is 0.738. The van der Waals surface area contributed by atoms with Gasteiger partial charge in [-0.15, -0.1) is 0 Å². The van der Waals surface area contributed by atoms with E-state index < -0.39 is 11.7 Å². The van der Waals surface area contributed by atoms with Gasteiger partial charge >= 0.3 is 0 Å². The van der Waals surface area contributed by atoms with E-state index in [2.05, 4.69) is 20.4 Å². The molecule has 0 radical (unpaired) electrons. The Bertz CT molecular complexity index is 830. The highest BCUT2D eigenvalue weighted by molar-refractivity contribution is 6.34. The van der Waals surface area contributed by atoms with Crippen molar-refractivity contribution in [2.45, 2.75) is 0 Å².